The van der Waals surface area contributed by atoms with Crippen molar-refractivity contribution in [1.29, 1.82) is 0 Å². The average molecular weight is 929 g/mol. The van der Waals surface area contributed by atoms with Gasteiger partial charge in [0.05, 0.1) is 35.2 Å². The maximum Gasteiger partial charge on any atom is 2.00 e. The van der Waals surface area contributed by atoms with Gasteiger partial charge in [-0.3, -0.25) is 9.59 Å². The number of carboxylic acids is 2. The van der Waals surface area contributed by atoms with Crippen LogP contribution < -0.4 is 10.2 Å². The summed E-state index contributed by atoms with van der Waals surface area (Å²) in [5.74, 6) is -1.28. The fraction of sp³-hybridized carbons (Fsp3) is 0.760. The Morgan fingerprint density at radius 1 is 0.641 bits per heavy atom. The summed E-state index contributed by atoms with van der Waals surface area (Å²) in [6.07, 6.45) is 13.3. The van der Waals surface area contributed by atoms with Crippen LogP contribution in [0.15, 0.2) is 47.6 Å². The van der Waals surface area contributed by atoms with Crippen molar-refractivity contribution in [2.24, 2.45) is 58.2 Å². The van der Waals surface area contributed by atoms with Gasteiger partial charge in [0.2, 0.25) is 0 Å². The molecule has 0 unspecified atom stereocenters. The molecule has 0 amide bonds. The molecule has 0 spiro atoms. The molecule has 14 heteroatoms. The Labute approximate surface area is 412 Å². The van der Waals surface area contributed by atoms with E-state index in [4.69, 9.17) is 9.47 Å². The first-order valence-electron chi connectivity index (χ1n) is 23.2. The van der Waals surface area contributed by atoms with Crippen LogP contribution in [-0.2, 0) is 28.7 Å². The fourth-order valence-corrected chi connectivity index (χ4v) is 9.51. The van der Waals surface area contributed by atoms with Crippen molar-refractivity contribution >= 4 is 61.6 Å². The SMILES string of the molecule is CCC(C)(C)C(=O)O[C@H]1C[C@@H](C)C=C2C=C[C@H](C)[C@H](CC[C@@H](O)C[C@@H](O)CC(=O)[O-])[C@H]21.CCC(C)(C)C(=O)O[C@H]1C[C@@H](C)C=C2C=C[C@H](C)[C@H](CC[C@@H](O)C[C@@H](O)CC(=O)[O-])[C@H]21.O.[Ca+2]. The molecule has 4 aliphatic rings. The Balaban J connectivity index is 0.000000621. The molecular weight excluding hydrogens is 849 g/mol. The average Bonchev–Trinajstić information content (AvgIpc) is 3.16. The Bertz CT molecular complexity index is 1520. The van der Waals surface area contributed by atoms with Crippen LogP contribution in [-0.4, -0.2) is 124 Å². The summed E-state index contributed by atoms with van der Waals surface area (Å²) in [5.41, 5.74) is 1.34. The van der Waals surface area contributed by atoms with Gasteiger partial charge in [0.15, 0.2) is 0 Å². The molecule has 4 aliphatic carbocycles. The Morgan fingerprint density at radius 2 is 0.969 bits per heavy atom. The zero-order chi connectivity index (χ0) is 46.7. The topological polar surface area (TPSA) is 245 Å². The Morgan fingerprint density at radius 3 is 1.27 bits per heavy atom. The number of hydrogen-bond donors (Lipinski definition) is 4. The molecule has 0 bridgehead atoms. The molecule has 0 aromatic rings. The molecule has 0 radical (unpaired) electrons. The number of aliphatic hydroxyl groups excluding tert-OH is 4. The Kier molecular flexibility index (Phi) is 25.3. The second kappa shape index (κ2) is 27.0. The summed E-state index contributed by atoms with van der Waals surface area (Å²) in [4.78, 5) is 46.9. The van der Waals surface area contributed by atoms with E-state index in [1.54, 1.807) is 0 Å². The van der Waals surface area contributed by atoms with E-state index in [0.29, 0.717) is 50.4 Å². The van der Waals surface area contributed by atoms with Gasteiger partial charge < -0.3 is 55.2 Å². The largest absolute Gasteiger partial charge is 2.00 e. The number of ether oxygens (including phenoxy) is 2. The van der Waals surface area contributed by atoms with Gasteiger partial charge in [0.25, 0.3) is 0 Å². The summed E-state index contributed by atoms with van der Waals surface area (Å²) in [6.45, 7) is 20.2. The zero-order valence-corrected chi connectivity index (χ0v) is 42.5. The van der Waals surface area contributed by atoms with E-state index in [1.807, 2.05) is 41.5 Å². The maximum atomic E-state index is 12.8. The summed E-state index contributed by atoms with van der Waals surface area (Å²) in [6, 6.07) is 0. The molecule has 6 N–H and O–H groups in total. The van der Waals surface area contributed by atoms with Crippen LogP contribution in [0.25, 0.3) is 0 Å². The van der Waals surface area contributed by atoms with Crippen LogP contribution in [0.3, 0.4) is 0 Å². The number of carbonyl (C=O) groups excluding carboxylic acids is 4. The molecule has 0 aromatic heterocycles. The second-order valence-corrected chi connectivity index (χ2v) is 20.3. The van der Waals surface area contributed by atoms with Gasteiger partial charge in [-0.2, -0.15) is 0 Å². The first-order chi connectivity index (χ1) is 28.9. The maximum absolute atomic E-state index is 12.8. The van der Waals surface area contributed by atoms with Crippen molar-refractivity contribution in [3.05, 3.63) is 47.6 Å². The minimum Gasteiger partial charge on any atom is -0.550 e. The number of fused-ring (bicyclic) bond motifs is 2. The van der Waals surface area contributed by atoms with Crippen LogP contribution in [0.4, 0.5) is 0 Å². The van der Waals surface area contributed by atoms with Gasteiger partial charge in [0, 0.05) is 36.6 Å². The van der Waals surface area contributed by atoms with Crippen LogP contribution in [0.1, 0.15) is 146 Å². The first-order valence-corrected chi connectivity index (χ1v) is 23.2. The number of hydrogen-bond acceptors (Lipinski definition) is 12. The molecule has 0 aliphatic heterocycles. The van der Waals surface area contributed by atoms with Gasteiger partial charge in [-0.25, -0.2) is 0 Å². The van der Waals surface area contributed by atoms with E-state index in [0.717, 1.165) is 12.8 Å². The monoisotopic (exact) mass is 929 g/mol. The van der Waals surface area contributed by atoms with E-state index in [2.05, 4.69) is 64.2 Å². The molecule has 0 aromatic carbocycles. The van der Waals surface area contributed by atoms with Crippen LogP contribution in [0, 0.1) is 58.2 Å². The normalized spacial score (nSPS) is 29.2. The van der Waals surface area contributed by atoms with Gasteiger partial charge in [0.1, 0.15) is 12.2 Å². The smallest absolute Gasteiger partial charge is 0.550 e. The molecule has 13 nitrogen and oxygen atoms in total. The third-order valence-corrected chi connectivity index (χ3v) is 14.1. The standard InChI is InChI=1S/2C25H40O6.Ca.H2O/c2*1-6-25(4,5)24(30)31-21-12-15(2)11-17-8-7-16(3)20(23(17)21)10-9-18(26)13-19(27)14-22(28)29;;/h2*7-8,11,15-16,18-21,23,26-27H,6,9-10,12-14H2,1-5H3,(H,28,29);;1H2/q;;+2;/p-2/t2*15-,16-,18+,19+,20-,21-,23-;;/m00../s1. The van der Waals surface area contributed by atoms with Crippen molar-refractivity contribution in [3.8, 4) is 0 Å². The Hall–Kier alpha value is -2.10. The molecule has 360 valence electrons. The molecule has 0 heterocycles. The van der Waals surface area contributed by atoms with Crippen molar-refractivity contribution in [2.45, 2.75) is 183 Å². The number of carbonyl (C=O) groups is 4. The van der Waals surface area contributed by atoms with Gasteiger partial charge >= 0.3 is 49.7 Å². The van der Waals surface area contributed by atoms with Crippen LogP contribution in [0.5, 0.6) is 0 Å². The quantitative estimate of drug-likeness (QED) is 0.0985. The molecule has 0 saturated carbocycles. The number of aliphatic hydroxyl groups is 4. The van der Waals surface area contributed by atoms with Crippen molar-refractivity contribution in [1.82, 2.24) is 0 Å². The van der Waals surface area contributed by atoms with Crippen molar-refractivity contribution in [3.63, 3.8) is 0 Å². The van der Waals surface area contributed by atoms with E-state index in [9.17, 15) is 49.8 Å². The van der Waals surface area contributed by atoms with Gasteiger partial charge in [-0.05, 0) is 139 Å². The van der Waals surface area contributed by atoms with Crippen molar-refractivity contribution < 1.29 is 64.8 Å². The van der Waals surface area contributed by atoms with Crippen molar-refractivity contribution in [2.75, 3.05) is 0 Å². The number of allylic oxidation sites excluding steroid dienone is 6. The van der Waals surface area contributed by atoms with E-state index in [-0.39, 0.29) is 116 Å². The molecule has 64 heavy (non-hydrogen) atoms. The minimum absolute atomic E-state index is 0. The fourth-order valence-electron chi connectivity index (χ4n) is 9.51. The number of rotatable bonds is 20. The van der Waals surface area contributed by atoms with Crippen LogP contribution >= 0.6 is 0 Å². The number of carboxylic acid groups (broad SMARTS) is 2. The minimum atomic E-state index is -1.32. The number of esters is 2. The van der Waals surface area contributed by atoms with Gasteiger partial charge in [-0.1, -0.05) is 78.0 Å². The molecule has 0 fully saturated rings. The summed E-state index contributed by atoms with van der Waals surface area (Å²) in [5, 5.41) is 61.5. The predicted octanol–water partition coefficient (Wildman–Crippen LogP) is 4.34. The third kappa shape index (κ3) is 17.8. The predicted molar refractivity (Wildman–Crippen MR) is 243 cm³/mol. The summed E-state index contributed by atoms with van der Waals surface area (Å²) < 4.78 is 12.2. The van der Waals surface area contributed by atoms with E-state index < -0.39 is 60.0 Å². The van der Waals surface area contributed by atoms with E-state index in [1.165, 1.54) is 11.1 Å². The molecular formula is C50H80CaO13. The van der Waals surface area contributed by atoms with E-state index >= 15 is 0 Å². The molecule has 14 atom stereocenters. The first kappa shape index (κ1) is 59.9. The third-order valence-electron chi connectivity index (χ3n) is 14.1. The summed E-state index contributed by atoms with van der Waals surface area (Å²) in [7, 11) is 0. The number of aliphatic carboxylic acids is 2. The second-order valence-electron chi connectivity index (χ2n) is 20.3. The van der Waals surface area contributed by atoms with Gasteiger partial charge in [-0.15, -0.1) is 0 Å². The molecule has 0 saturated heterocycles. The van der Waals surface area contributed by atoms with Crippen LogP contribution in [0.2, 0.25) is 0 Å². The molecule has 4 rings (SSSR count). The summed E-state index contributed by atoms with van der Waals surface area (Å²) >= 11 is 0. The zero-order valence-electron chi connectivity index (χ0n) is 40.3.